The summed E-state index contributed by atoms with van der Waals surface area (Å²) in [6.07, 6.45) is 2.78. The van der Waals surface area contributed by atoms with Gasteiger partial charge in [0.15, 0.2) is 0 Å². The van der Waals surface area contributed by atoms with Gasteiger partial charge in [-0.1, -0.05) is 6.92 Å². The van der Waals surface area contributed by atoms with Crippen molar-refractivity contribution >= 4 is 0 Å². The Labute approximate surface area is 100 Å². The van der Waals surface area contributed by atoms with E-state index < -0.39 is 0 Å². The van der Waals surface area contributed by atoms with Gasteiger partial charge in [-0.15, -0.1) is 0 Å². The predicted molar refractivity (Wildman–Crippen MR) is 68.5 cm³/mol. The highest BCUT2D eigenvalue weighted by molar-refractivity contribution is 4.97. The second-order valence-electron chi connectivity index (χ2n) is 5.49. The van der Waals surface area contributed by atoms with Crippen LogP contribution < -0.4 is 5.73 Å². The zero-order chi connectivity index (χ0) is 12.3. The molecule has 3 nitrogen and oxygen atoms in total. The summed E-state index contributed by atoms with van der Waals surface area (Å²) in [5.41, 5.74) is 5.96. The Morgan fingerprint density at radius 3 is 2.62 bits per heavy atom. The molecular formula is C13H28N2O. The van der Waals surface area contributed by atoms with Crippen molar-refractivity contribution in [2.45, 2.75) is 58.2 Å². The molecule has 1 aliphatic rings. The smallest absolute Gasteiger partial charge is 0.0736 e. The van der Waals surface area contributed by atoms with E-state index in [2.05, 4.69) is 32.6 Å². The van der Waals surface area contributed by atoms with Crippen LogP contribution in [0.15, 0.2) is 0 Å². The van der Waals surface area contributed by atoms with Crippen molar-refractivity contribution in [2.24, 2.45) is 11.7 Å². The molecule has 0 aromatic carbocycles. The maximum absolute atomic E-state index is 6.00. The summed E-state index contributed by atoms with van der Waals surface area (Å²) in [5, 5.41) is 0. The van der Waals surface area contributed by atoms with E-state index in [0.29, 0.717) is 12.6 Å². The van der Waals surface area contributed by atoms with Gasteiger partial charge < -0.3 is 10.5 Å². The average Bonchev–Trinajstić information content (AvgIpc) is 2.30. The number of hydrogen-bond acceptors (Lipinski definition) is 3. The molecule has 0 aromatic rings. The number of likely N-dealkylation sites (tertiary alicyclic amines) is 1. The zero-order valence-electron chi connectivity index (χ0n) is 11.5. The molecule has 2 N–H and O–H groups in total. The number of methoxy groups -OCH3 is 1. The van der Waals surface area contributed by atoms with Crippen LogP contribution in [0.5, 0.6) is 0 Å². The van der Waals surface area contributed by atoms with E-state index >= 15 is 0 Å². The molecule has 4 unspecified atom stereocenters. The Balaban J connectivity index is 2.85. The molecular weight excluding hydrogens is 200 g/mol. The molecule has 0 amide bonds. The van der Waals surface area contributed by atoms with Crippen molar-refractivity contribution in [3.05, 3.63) is 0 Å². The molecule has 3 heteroatoms. The van der Waals surface area contributed by atoms with Crippen molar-refractivity contribution in [2.75, 3.05) is 20.2 Å². The van der Waals surface area contributed by atoms with Crippen LogP contribution in [-0.4, -0.2) is 42.8 Å². The summed E-state index contributed by atoms with van der Waals surface area (Å²) in [7, 11) is 1.77. The van der Waals surface area contributed by atoms with Gasteiger partial charge in [-0.2, -0.15) is 0 Å². The first-order valence-electron chi connectivity index (χ1n) is 6.47. The van der Waals surface area contributed by atoms with Crippen molar-refractivity contribution in [3.63, 3.8) is 0 Å². The van der Waals surface area contributed by atoms with Crippen LogP contribution >= 0.6 is 0 Å². The van der Waals surface area contributed by atoms with Crippen LogP contribution in [0, 0.1) is 5.92 Å². The minimum atomic E-state index is -0.0388. The fourth-order valence-corrected chi connectivity index (χ4v) is 2.83. The fraction of sp³-hybridized carbons (Fsp3) is 1.00. The number of piperidine rings is 1. The molecule has 4 atom stereocenters. The summed E-state index contributed by atoms with van der Waals surface area (Å²) in [6, 6.07) is 0.597. The van der Waals surface area contributed by atoms with Gasteiger partial charge in [0.05, 0.1) is 11.6 Å². The number of hydrogen-bond donors (Lipinski definition) is 1. The van der Waals surface area contributed by atoms with E-state index in [0.717, 1.165) is 12.5 Å². The van der Waals surface area contributed by atoms with E-state index in [9.17, 15) is 0 Å². The monoisotopic (exact) mass is 228 g/mol. The Morgan fingerprint density at radius 2 is 2.12 bits per heavy atom. The third kappa shape index (κ3) is 2.41. The number of rotatable bonds is 4. The van der Waals surface area contributed by atoms with Crippen LogP contribution in [0.25, 0.3) is 0 Å². The molecule has 0 bridgehead atoms. The number of ether oxygens (including phenoxy) is 1. The molecule has 96 valence electrons. The summed E-state index contributed by atoms with van der Waals surface area (Å²) in [6.45, 7) is 10.8. The highest BCUT2D eigenvalue weighted by Crippen LogP contribution is 2.31. The van der Waals surface area contributed by atoms with E-state index in [1.54, 1.807) is 7.11 Å². The van der Waals surface area contributed by atoms with Crippen molar-refractivity contribution < 1.29 is 4.74 Å². The van der Waals surface area contributed by atoms with Gasteiger partial charge in [-0.25, -0.2) is 0 Å². The standard InChI is InChI=1S/C13H28N2O/c1-10-7-6-8-15(11(10)2)13(4,9-14)12(3)16-5/h10-12H,6-9,14H2,1-5H3. The third-order valence-corrected chi connectivity index (χ3v) is 4.67. The zero-order valence-corrected chi connectivity index (χ0v) is 11.5. The molecule has 16 heavy (non-hydrogen) atoms. The van der Waals surface area contributed by atoms with Gasteiger partial charge in [0.25, 0.3) is 0 Å². The molecule has 1 aliphatic heterocycles. The Hall–Kier alpha value is -0.120. The summed E-state index contributed by atoms with van der Waals surface area (Å²) in [4.78, 5) is 2.55. The highest BCUT2D eigenvalue weighted by atomic mass is 16.5. The molecule has 0 saturated carbocycles. The van der Waals surface area contributed by atoms with Gasteiger partial charge in [0.2, 0.25) is 0 Å². The van der Waals surface area contributed by atoms with Crippen molar-refractivity contribution in [3.8, 4) is 0 Å². The second kappa shape index (κ2) is 5.48. The first kappa shape index (κ1) is 13.9. The molecule has 1 saturated heterocycles. The van der Waals surface area contributed by atoms with E-state index in [1.165, 1.54) is 12.8 Å². The van der Waals surface area contributed by atoms with E-state index in [-0.39, 0.29) is 11.6 Å². The van der Waals surface area contributed by atoms with Crippen LogP contribution in [0.4, 0.5) is 0 Å². The van der Waals surface area contributed by atoms with Crippen molar-refractivity contribution in [1.29, 1.82) is 0 Å². The topological polar surface area (TPSA) is 38.5 Å². The Morgan fingerprint density at radius 1 is 1.50 bits per heavy atom. The lowest BCUT2D eigenvalue weighted by Crippen LogP contribution is -2.63. The van der Waals surface area contributed by atoms with E-state index in [1.807, 2.05) is 0 Å². The maximum Gasteiger partial charge on any atom is 0.0736 e. The Kier molecular flexibility index (Phi) is 4.77. The summed E-state index contributed by atoms with van der Waals surface area (Å²) >= 11 is 0. The third-order valence-electron chi connectivity index (χ3n) is 4.67. The first-order chi connectivity index (χ1) is 7.47. The molecule has 1 fully saturated rings. The average molecular weight is 228 g/mol. The largest absolute Gasteiger partial charge is 0.380 e. The maximum atomic E-state index is 6.00. The molecule has 1 rings (SSSR count). The lowest BCUT2D eigenvalue weighted by molar-refractivity contribution is -0.0697. The molecule has 0 spiro atoms. The normalized spacial score (nSPS) is 33.4. The van der Waals surface area contributed by atoms with Crippen LogP contribution in [-0.2, 0) is 4.74 Å². The lowest BCUT2D eigenvalue weighted by atomic mass is 9.84. The molecule has 0 aliphatic carbocycles. The van der Waals surface area contributed by atoms with Gasteiger partial charge in [-0.3, -0.25) is 4.90 Å². The highest BCUT2D eigenvalue weighted by Gasteiger charge is 2.41. The van der Waals surface area contributed by atoms with Crippen molar-refractivity contribution in [1.82, 2.24) is 4.90 Å². The summed E-state index contributed by atoms with van der Waals surface area (Å²) in [5.74, 6) is 0.753. The molecule has 0 radical (unpaired) electrons. The molecule has 0 aromatic heterocycles. The predicted octanol–water partition coefficient (Wildman–Crippen LogP) is 1.86. The summed E-state index contributed by atoms with van der Waals surface area (Å²) < 4.78 is 5.52. The Bertz CT molecular complexity index is 222. The van der Waals surface area contributed by atoms with Crippen LogP contribution in [0.2, 0.25) is 0 Å². The van der Waals surface area contributed by atoms with Gasteiger partial charge >= 0.3 is 0 Å². The van der Waals surface area contributed by atoms with Crippen LogP contribution in [0.1, 0.15) is 40.5 Å². The minimum absolute atomic E-state index is 0.0388. The SMILES string of the molecule is COC(C)C(C)(CN)N1CCCC(C)C1C. The fourth-order valence-electron chi connectivity index (χ4n) is 2.83. The number of nitrogens with two attached hydrogens (primary N) is 1. The van der Waals surface area contributed by atoms with Gasteiger partial charge in [-0.05, 0) is 46.1 Å². The lowest BCUT2D eigenvalue weighted by Gasteiger charge is -2.51. The van der Waals surface area contributed by atoms with Gasteiger partial charge in [0.1, 0.15) is 0 Å². The van der Waals surface area contributed by atoms with Crippen LogP contribution in [0.3, 0.4) is 0 Å². The number of nitrogens with zero attached hydrogens (tertiary/aromatic N) is 1. The minimum Gasteiger partial charge on any atom is -0.380 e. The second-order valence-corrected chi connectivity index (χ2v) is 5.49. The first-order valence-corrected chi connectivity index (χ1v) is 6.47. The van der Waals surface area contributed by atoms with Gasteiger partial charge in [0, 0.05) is 19.7 Å². The quantitative estimate of drug-likeness (QED) is 0.798. The van der Waals surface area contributed by atoms with E-state index in [4.69, 9.17) is 10.5 Å². The molecule has 1 heterocycles.